The van der Waals surface area contributed by atoms with E-state index in [2.05, 4.69) is 31.7 Å². The average Bonchev–Trinajstić information content (AvgIpc) is 3.22. The molecule has 0 unspecified atom stereocenters. The highest BCUT2D eigenvalue weighted by atomic mass is 35.5. The van der Waals surface area contributed by atoms with Crippen LogP contribution in [-0.2, 0) is 11.8 Å². The van der Waals surface area contributed by atoms with Crippen molar-refractivity contribution in [3.8, 4) is 11.1 Å². The number of fused-ring (bicyclic) bond motifs is 3. The molecule has 0 spiro atoms. The molecular formula is C24H26ClFN2O2. The Kier molecular flexibility index (Phi) is 4.34. The summed E-state index contributed by atoms with van der Waals surface area (Å²) in [7, 11) is 0. The molecule has 2 aromatic carbocycles. The van der Waals surface area contributed by atoms with Gasteiger partial charge in [0.2, 0.25) is 0 Å². The summed E-state index contributed by atoms with van der Waals surface area (Å²) in [6, 6.07) is 7.37. The van der Waals surface area contributed by atoms with Crippen molar-refractivity contribution in [2.24, 2.45) is 0 Å². The van der Waals surface area contributed by atoms with Gasteiger partial charge in [0.15, 0.2) is 0 Å². The third kappa shape index (κ3) is 2.82. The normalized spacial score (nSPS) is 22.3. The number of halogens is 2. The number of carbonyl (C=O) groups is 1. The van der Waals surface area contributed by atoms with Gasteiger partial charge in [-0.25, -0.2) is 9.18 Å². The molecule has 1 amide bonds. The summed E-state index contributed by atoms with van der Waals surface area (Å²) in [4.78, 5) is 15.7. The molecule has 1 N–H and O–H groups in total. The molecule has 3 aliphatic rings. The second-order valence-corrected chi connectivity index (χ2v) is 10.2. The van der Waals surface area contributed by atoms with Crippen LogP contribution in [0.25, 0.3) is 11.1 Å². The Hall–Kier alpha value is -2.27. The van der Waals surface area contributed by atoms with Crippen molar-refractivity contribution in [2.75, 3.05) is 24.5 Å². The quantitative estimate of drug-likeness (QED) is 0.637. The first-order valence-corrected chi connectivity index (χ1v) is 10.9. The van der Waals surface area contributed by atoms with Gasteiger partial charge < -0.3 is 14.9 Å². The summed E-state index contributed by atoms with van der Waals surface area (Å²) in [6.45, 7) is 8.50. The number of hydrogen-bond donors (Lipinski definition) is 1. The number of amides is 1. The fourth-order valence-corrected chi connectivity index (χ4v) is 5.98. The molecule has 3 heterocycles. The summed E-state index contributed by atoms with van der Waals surface area (Å²) in [5, 5.41) is 10.00. The van der Waals surface area contributed by atoms with Gasteiger partial charge in [0.25, 0.3) is 0 Å². The van der Waals surface area contributed by atoms with Crippen LogP contribution in [0.2, 0.25) is 5.02 Å². The predicted octanol–water partition coefficient (Wildman–Crippen LogP) is 5.66. The smallest absolute Gasteiger partial charge is 0.407 e. The van der Waals surface area contributed by atoms with Crippen LogP contribution in [0.3, 0.4) is 0 Å². The van der Waals surface area contributed by atoms with E-state index in [1.807, 2.05) is 0 Å². The monoisotopic (exact) mass is 428 g/mol. The van der Waals surface area contributed by atoms with E-state index >= 15 is 4.39 Å². The standard InChI is InChI=1S/C24H26ClFN2O2/c1-24(2,3)21-16(15-5-4-14(25)11-18(15)26)10-13-6-9-28-19-7-8-27(23(29)30)12-17(19)20(21)22(13)28/h4-5,10-11,17,19H,6-9,12H2,1-3H3,(H,29,30)/t17-,19+/m1/s1. The average molecular weight is 429 g/mol. The summed E-state index contributed by atoms with van der Waals surface area (Å²) in [6.07, 6.45) is 0.920. The van der Waals surface area contributed by atoms with E-state index in [1.165, 1.54) is 27.8 Å². The van der Waals surface area contributed by atoms with Crippen LogP contribution in [0, 0.1) is 5.82 Å². The van der Waals surface area contributed by atoms with Crippen molar-refractivity contribution in [3.63, 3.8) is 0 Å². The molecule has 0 aliphatic carbocycles. The number of nitrogens with zero attached hydrogens (tertiary/aromatic N) is 2. The van der Waals surface area contributed by atoms with Crippen LogP contribution in [0.15, 0.2) is 24.3 Å². The Balaban J connectivity index is 1.77. The Morgan fingerprint density at radius 3 is 2.63 bits per heavy atom. The molecule has 1 saturated heterocycles. The van der Waals surface area contributed by atoms with E-state index in [-0.39, 0.29) is 17.2 Å². The first-order valence-electron chi connectivity index (χ1n) is 10.6. The largest absolute Gasteiger partial charge is 0.465 e. The van der Waals surface area contributed by atoms with Gasteiger partial charge >= 0.3 is 6.09 Å². The lowest BCUT2D eigenvalue weighted by Crippen LogP contribution is -2.47. The fraction of sp³-hybridized carbons (Fsp3) is 0.458. The second-order valence-electron chi connectivity index (χ2n) is 9.73. The van der Waals surface area contributed by atoms with Crippen LogP contribution in [-0.4, -0.2) is 41.8 Å². The third-order valence-electron chi connectivity index (χ3n) is 6.92. The van der Waals surface area contributed by atoms with E-state index in [0.717, 1.165) is 30.5 Å². The number of benzene rings is 2. The van der Waals surface area contributed by atoms with Crippen molar-refractivity contribution < 1.29 is 14.3 Å². The lowest BCUT2D eigenvalue weighted by molar-refractivity contribution is 0.127. The number of hydrogen-bond acceptors (Lipinski definition) is 2. The van der Waals surface area contributed by atoms with Crippen LogP contribution < -0.4 is 4.90 Å². The molecule has 158 valence electrons. The highest BCUT2D eigenvalue weighted by Gasteiger charge is 2.48. The Morgan fingerprint density at radius 1 is 1.20 bits per heavy atom. The van der Waals surface area contributed by atoms with Crippen LogP contribution in [0.5, 0.6) is 0 Å². The number of rotatable bonds is 1. The molecule has 0 radical (unpaired) electrons. The number of carboxylic acid groups (broad SMARTS) is 1. The van der Waals surface area contributed by atoms with Gasteiger partial charge in [-0.1, -0.05) is 32.4 Å². The van der Waals surface area contributed by atoms with Crippen molar-refractivity contribution >= 4 is 23.4 Å². The lowest BCUT2D eigenvalue weighted by atomic mass is 9.73. The number of piperidine rings is 1. The van der Waals surface area contributed by atoms with Crippen molar-refractivity contribution in [1.29, 1.82) is 0 Å². The summed E-state index contributed by atoms with van der Waals surface area (Å²) < 4.78 is 15.0. The lowest BCUT2D eigenvalue weighted by Gasteiger charge is -2.38. The molecule has 2 atom stereocenters. The third-order valence-corrected chi connectivity index (χ3v) is 7.15. The van der Waals surface area contributed by atoms with Gasteiger partial charge in [-0.05, 0) is 64.8 Å². The molecule has 30 heavy (non-hydrogen) atoms. The number of anilines is 1. The zero-order valence-corrected chi connectivity index (χ0v) is 18.3. The fourth-order valence-electron chi connectivity index (χ4n) is 5.82. The van der Waals surface area contributed by atoms with E-state index < -0.39 is 6.09 Å². The molecule has 3 aliphatic heterocycles. The van der Waals surface area contributed by atoms with Crippen molar-refractivity contribution in [1.82, 2.24) is 4.90 Å². The maximum Gasteiger partial charge on any atom is 0.407 e. The highest BCUT2D eigenvalue weighted by molar-refractivity contribution is 6.30. The molecule has 2 aromatic rings. The minimum atomic E-state index is -0.858. The molecule has 0 saturated carbocycles. The van der Waals surface area contributed by atoms with E-state index in [9.17, 15) is 9.90 Å². The zero-order valence-electron chi connectivity index (χ0n) is 17.5. The summed E-state index contributed by atoms with van der Waals surface area (Å²) in [5.41, 5.74) is 6.16. The van der Waals surface area contributed by atoms with Crippen LogP contribution in [0.1, 0.15) is 49.8 Å². The van der Waals surface area contributed by atoms with E-state index in [1.54, 1.807) is 12.1 Å². The Bertz CT molecular complexity index is 1060. The molecule has 1 fully saturated rings. The van der Waals surface area contributed by atoms with Gasteiger partial charge in [0, 0.05) is 47.9 Å². The van der Waals surface area contributed by atoms with Crippen molar-refractivity contribution in [2.45, 2.75) is 51.0 Å². The Labute approximate surface area is 181 Å². The maximum absolute atomic E-state index is 15.0. The zero-order chi connectivity index (χ0) is 21.4. The SMILES string of the molecule is CC(C)(C)c1c(-c2ccc(Cl)cc2F)cc2c3c1[C@@H]1CN(C(=O)O)CC[C@@H]1N3CC2. The highest BCUT2D eigenvalue weighted by Crippen LogP contribution is 2.55. The van der Waals surface area contributed by atoms with E-state index in [0.29, 0.717) is 29.7 Å². The molecule has 0 aromatic heterocycles. The second kappa shape index (κ2) is 6.61. The Morgan fingerprint density at radius 2 is 1.97 bits per heavy atom. The van der Waals surface area contributed by atoms with Crippen molar-refractivity contribution in [3.05, 3.63) is 51.8 Å². The van der Waals surface area contributed by atoms with Gasteiger partial charge in [0.1, 0.15) is 5.82 Å². The minimum absolute atomic E-state index is 0.119. The molecule has 0 bridgehead atoms. The molecule has 6 heteroatoms. The van der Waals surface area contributed by atoms with Crippen LogP contribution in [0.4, 0.5) is 14.9 Å². The topological polar surface area (TPSA) is 43.8 Å². The molecule has 4 nitrogen and oxygen atoms in total. The number of likely N-dealkylation sites (tertiary alicyclic amines) is 1. The molecular weight excluding hydrogens is 403 g/mol. The predicted molar refractivity (Wildman–Crippen MR) is 117 cm³/mol. The minimum Gasteiger partial charge on any atom is -0.465 e. The van der Waals surface area contributed by atoms with Gasteiger partial charge in [-0.15, -0.1) is 0 Å². The van der Waals surface area contributed by atoms with Crippen LogP contribution >= 0.6 is 11.6 Å². The summed E-state index contributed by atoms with van der Waals surface area (Å²) >= 11 is 6.02. The van der Waals surface area contributed by atoms with E-state index in [4.69, 9.17) is 11.6 Å². The molecule has 5 rings (SSSR count). The first-order chi connectivity index (χ1) is 14.2. The van der Waals surface area contributed by atoms with Gasteiger partial charge in [0.05, 0.1) is 0 Å². The summed E-state index contributed by atoms with van der Waals surface area (Å²) in [5.74, 6) is -0.200. The van der Waals surface area contributed by atoms with Gasteiger partial charge in [-0.2, -0.15) is 0 Å². The van der Waals surface area contributed by atoms with Gasteiger partial charge in [-0.3, -0.25) is 0 Å². The first kappa shape index (κ1) is 19.7. The maximum atomic E-state index is 15.0.